The van der Waals surface area contributed by atoms with Gasteiger partial charge in [-0.05, 0) is 12.1 Å². The van der Waals surface area contributed by atoms with Crippen LogP contribution in [0.1, 0.15) is 17.5 Å². The molecule has 2 nitrogen and oxygen atoms in total. The molecule has 0 saturated heterocycles. The summed E-state index contributed by atoms with van der Waals surface area (Å²) in [7, 11) is 0. The molecule has 0 aliphatic rings. The van der Waals surface area contributed by atoms with Crippen LogP contribution in [0.25, 0.3) is 0 Å². The van der Waals surface area contributed by atoms with Crippen molar-refractivity contribution in [3.05, 3.63) is 60.2 Å². The van der Waals surface area contributed by atoms with Crippen LogP contribution in [-0.2, 0) is 25.4 Å². The van der Waals surface area contributed by atoms with Crippen LogP contribution in [0, 0.1) is 0 Å². The van der Waals surface area contributed by atoms with E-state index < -0.39 is 23.5 Å². The highest BCUT2D eigenvalue weighted by atomic mass is 19.4. The van der Waals surface area contributed by atoms with Crippen molar-refractivity contribution in [3.8, 4) is 0 Å². The minimum Gasteiger partial charge on any atom is -0.204 e. The second kappa shape index (κ2) is 6.55. The maximum Gasteiger partial charge on any atom is 0.422 e. The molecule has 0 aromatic carbocycles. The molecular weight excluding hydrogens is 322 g/mol. The van der Waals surface area contributed by atoms with Crippen LogP contribution >= 0.6 is 0 Å². The first-order chi connectivity index (χ1) is 10.7. The number of aromatic nitrogens is 2. The molecule has 0 N–H and O–H groups in total. The van der Waals surface area contributed by atoms with E-state index in [-0.39, 0.29) is 13.1 Å². The van der Waals surface area contributed by atoms with Crippen molar-refractivity contribution in [2.24, 2.45) is 0 Å². The van der Waals surface area contributed by atoms with Gasteiger partial charge in [-0.15, -0.1) is 0 Å². The average molecular weight is 336 g/mol. The van der Waals surface area contributed by atoms with Gasteiger partial charge in [0.2, 0.25) is 0 Å². The van der Waals surface area contributed by atoms with Gasteiger partial charge in [0.25, 0.3) is 0 Å². The summed E-state index contributed by atoms with van der Waals surface area (Å²) in [5.41, 5.74) is -1.52. The molecule has 2 aromatic heterocycles. The van der Waals surface area contributed by atoms with Gasteiger partial charge in [-0.2, -0.15) is 26.3 Å². The summed E-state index contributed by atoms with van der Waals surface area (Å²) < 4.78 is 78.3. The quantitative estimate of drug-likeness (QED) is 0.597. The summed E-state index contributed by atoms with van der Waals surface area (Å²) in [6, 6.07) is 4.52. The fourth-order valence-electron chi connectivity index (χ4n) is 2.09. The SMILES string of the molecule is FC(F)(F)c1ccc[n+](CCC[n+]2cccc(C(F)(F)F)c2)c1. The Kier molecular flexibility index (Phi) is 4.91. The normalized spacial score (nSPS) is 12.4. The Bertz CT molecular complexity index is 606. The average Bonchev–Trinajstić information content (AvgIpc) is 2.46. The van der Waals surface area contributed by atoms with E-state index in [0.29, 0.717) is 6.42 Å². The number of hydrogen-bond acceptors (Lipinski definition) is 0. The number of halogens is 6. The predicted octanol–water partition coefficient (Wildman–Crippen LogP) is 3.39. The number of pyridine rings is 2. The summed E-state index contributed by atoms with van der Waals surface area (Å²) in [6.45, 7) is 0.542. The summed E-state index contributed by atoms with van der Waals surface area (Å²) in [4.78, 5) is 0. The van der Waals surface area contributed by atoms with Gasteiger partial charge in [0, 0.05) is 12.1 Å². The highest BCUT2D eigenvalue weighted by molar-refractivity contribution is 5.09. The highest BCUT2D eigenvalue weighted by Gasteiger charge is 2.34. The first kappa shape index (κ1) is 17.2. The Morgan fingerprint density at radius 1 is 0.696 bits per heavy atom. The van der Waals surface area contributed by atoms with Gasteiger partial charge in [-0.3, -0.25) is 0 Å². The van der Waals surface area contributed by atoms with E-state index in [1.165, 1.54) is 33.7 Å². The van der Waals surface area contributed by atoms with Crippen LogP contribution in [0.5, 0.6) is 0 Å². The first-order valence-electron chi connectivity index (χ1n) is 6.79. The molecule has 0 saturated carbocycles. The monoisotopic (exact) mass is 336 g/mol. The predicted molar refractivity (Wildman–Crippen MR) is 67.9 cm³/mol. The van der Waals surface area contributed by atoms with E-state index in [1.807, 2.05) is 0 Å². The molecule has 0 fully saturated rings. The molecule has 0 aliphatic carbocycles. The summed E-state index contributed by atoms with van der Waals surface area (Å²) in [5, 5.41) is 0. The van der Waals surface area contributed by atoms with Crippen LogP contribution in [0.2, 0.25) is 0 Å². The van der Waals surface area contributed by atoms with Crippen LogP contribution in [0.4, 0.5) is 26.3 Å². The van der Waals surface area contributed by atoms with Crippen molar-refractivity contribution in [1.82, 2.24) is 0 Å². The number of alkyl halides is 6. The Morgan fingerprint density at radius 2 is 1.09 bits per heavy atom. The number of hydrogen-bond donors (Lipinski definition) is 0. The van der Waals surface area contributed by atoms with Crippen molar-refractivity contribution in [1.29, 1.82) is 0 Å². The minimum absolute atomic E-state index is 0.271. The van der Waals surface area contributed by atoms with Gasteiger partial charge in [-0.1, -0.05) is 0 Å². The molecular formula is C15H14F6N2+2. The topological polar surface area (TPSA) is 7.76 Å². The molecule has 0 bridgehead atoms. The third-order valence-corrected chi connectivity index (χ3v) is 3.20. The Balaban J connectivity index is 1.98. The molecule has 2 rings (SSSR count). The van der Waals surface area contributed by atoms with E-state index in [4.69, 9.17) is 0 Å². The summed E-state index contributed by atoms with van der Waals surface area (Å²) in [5.74, 6) is 0. The molecule has 0 aliphatic heterocycles. The molecule has 124 valence electrons. The molecule has 0 amide bonds. The van der Waals surface area contributed by atoms with Crippen LogP contribution < -0.4 is 9.13 Å². The lowest BCUT2D eigenvalue weighted by Crippen LogP contribution is -2.39. The van der Waals surface area contributed by atoms with E-state index in [0.717, 1.165) is 24.5 Å². The lowest BCUT2D eigenvalue weighted by molar-refractivity contribution is -0.727. The molecule has 0 spiro atoms. The smallest absolute Gasteiger partial charge is 0.204 e. The standard InChI is InChI=1S/C15H14F6N2/c16-14(17,18)12-4-1-6-22(10-12)8-3-9-23-7-2-5-13(11-23)15(19,20)21/h1-2,4-7,10-11H,3,8-9H2/q+2. The highest BCUT2D eigenvalue weighted by Crippen LogP contribution is 2.28. The van der Waals surface area contributed by atoms with E-state index in [2.05, 4.69) is 0 Å². The Morgan fingerprint density at radius 3 is 1.43 bits per heavy atom. The zero-order valence-electron chi connectivity index (χ0n) is 11.9. The third-order valence-electron chi connectivity index (χ3n) is 3.20. The first-order valence-corrected chi connectivity index (χ1v) is 6.79. The number of rotatable bonds is 4. The fourth-order valence-corrected chi connectivity index (χ4v) is 2.09. The maximum absolute atomic E-state index is 12.6. The van der Waals surface area contributed by atoms with E-state index >= 15 is 0 Å². The van der Waals surface area contributed by atoms with Gasteiger partial charge in [0.05, 0.1) is 6.42 Å². The zero-order chi connectivity index (χ0) is 17.1. The van der Waals surface area contributed by atoms with Crippen LogP contribution in [-0.4, -0.2) is 0 Å². The van der Waals surface area contributed by atoms with Gasteiger partial charge >= 0.3 is 12.4 Å². The largest absolute Gasteiger partial charge is 0.422 e. The Hall–Kier alpha value is -2.12. The van der Waals surface area contributed by atoms with Crippen molar-refractivity contribution in [2.45, 2.75) is 31.9 Å². The molecule has 2 aromatic rings. The minimum atomic E-state index is -4.42. The fraction of sp³-hybridized carbons (Fsp3) is 0.333. The molecule has 0 unspecified atom stereocenters. The summed E-state index contributed by atoms with van der Waals surface area (Å²) >= 11 is 0. The molecule has 0 atom stereocenters. The second-order valence-electron chi connectivity index (χ2n) is 5.01. The third kappa shape index (κ3) is 4.94. The zero-order valence-corrected chi connectivity index (χ0v) is 11.9. The molecule has 2 heterocycles. The van der Waals surface area contributed by atoms with Crippen molar-refractivity contribution in [3.63, 3.8) is 0 Å². The van der Waals surface area contributed by atoms with Gasteiger partial charge in [0.1, 0.15) is 11.1 Å². The van der Waals surface area contributed by atoms with Crippen LogP contribution in [0.15, 0.2) is 49.1 Å². The van der Waals surface area contributed by atoms with Crippen molar-refractivity contribution >= 4 is 0 Å². The van der Waals surface area contributed by atoms with Gasteiger partial charge in [-0.25, -0.2) is 9.13 Å². The van der Waals surface area contributed by atoms with Gasteiger partial charge in [0.15, 0.2) is 37.9 Å². The number of aryl methyl sites for hydroxylation is 2. The molecule has 0 radical (unpaired) electrons. The molecule has 8 heteroatoms. The lowest BCUT2D eigenvalue weighted by Gasteiger charge is -2.05. The van der Waals surface area contributed by atoms with Crippen molar-refractivity contribution in [2.75, 3.05) is 0 Å². The van der Waals surface area contributed by atoms with Gasteiger partial charge < -0.3 is 0 Å². The number of nitrogens with zero attached hydrogens (tertiary/aromatic N) is 2. The van der Waals surface area contributed by atoms with Crippen LogP contribution in [0.3, 0.4) is 0 Å². The Labute approximate surface area is 128 Å². The van der Waals surface area contributed by atoms with E-state index in [9.17, 15) is 26.3 Å². The lowest BCUT2D eigenvalue weighted by atomic mass is 10.2. The second-order valence-corrected chi connectivity index (χ2v) is 5.01. The molecule has 23 heavy (non-hydrogen) atoms. The maximum atomic E-state index is 12.6. The van der Waals surface area contributed by atoms with Crippen molar-refractivity contribution < 1.29 is 35.5 Å². The van der Waals surface area contributed by atoms with E-state index in [1.54, 1.807) is 0 Å². The summed E-state index contributed by atoms with van der Waals surface area (Å²) in [6.07, 6.45) is -3.48.